The Morgan fingerprint density at radius 3 is 2.53 bits per heavy atom. The Morgan fingerprint density at radius 2 is 1.88 bits per heavy atom. The molecule has 0 aromatic rings. The van der Waals surface area contributed by atoms with Gasteiger partial charge in [-0.15, -0.1) is 0 Å². The maximum atomic E-state index is 12.3. The molecule has 0 radical (unpaired) electrons. The minimum atomic E-state index is 0.364. The van der Waals surface area contributed by atoms with Crippen LogP contribution >= 0.6 is 0 Å². The Labute approximate surface area is 105 Å². The predicted molar refractivity (Wildman–Crippen MR) is 68.5 cm³/mol. The molecular weight excluding hydrogens is 210 g/mol. The minimum Gasteiger partial charge on any atom is -0.353 e. The summed E-state index contributed by atoms with van der Waals surface area (Å²) in [5.74, 6) is 3.03. The molecule has 1 amide bonds. The van der Waals surface area contributed by atoms with Crippen LogP contribution in [0, 0.1) is 23.7 Å². The molecule has 0 aromatic heterocycles. The van der Waals surface area contributed by atoms with Crippen molar-refractivity contribution < 1.29 is 4.79 Å². The van der Waals surface area contributed by atoms with Crippen molar-refractivity contribution in [3.05, 3.63) is 0 Å². The highest BCUT2D eigenvalue weighted by Crippen LogP contribution is 2.48. The summed E-state index contributed by atoms with van der Waals surface area (Å²) in [6.07, 6.45) is 10.3. The Hall–Kier alpha value is -0.530. The monoisotopic (exact) mass is 235 g/mol. The lowest BCUT2D eigenvalue weighted by Gasteiger charge is -2.31. The summed E-state index contributed by atoms with van der Waals surface area (Å²) in [4.78, 5) is 12.3. The van der Waals surface area contributed by atoms with Crippen LogP contribution in [0.2, 0.25) is 0 Å². The number of amides is 1. The van der Waals surface area contributed by atoms with Gasteiger partial charge in [-0.2, -0.15) is 0 Å². The average molecular weight is 235 g/mol. The quantitative estimate of drug-likeness (QED) is 0.783. The van der Waals surface area contributed by atoms with Crippen LogP contribution in [0.3, 0.4) is 0 Å². The van der Waals surface area contributed by atoms with Crippen LogP contribution in [-0.4, -0.2) is 11.9 Å². The topological polar surface area (TPSA) is 29.1 Å². The molecule has 0 aliphatic heterocycles. The van der Waals surface area contributed by atoms with E-state index in [4.69, 9.17) is 0 Å². The lowest BCUT2D eigenvalue weighted by atomic mass is 9.84. The molecule has 3 rings (SSSR count). The first-order chi connectivity index (χ1) is 8.24. The molecule has 5 unspecified atom stereocenters. The zero-order chi connectivity index (χ0) is 11.8. The molecule has 3 saturated carbocycles. The third-order valence-electron chi connectivity index (χ3n) is 5.51. The summed E-state index contributed by atoms with van der Waals surface area (Å²) in [6.45, 7) is 2.30. The van der Waals surface area contributed by atoms with Gasteiger partial charge in [-0.25, -0.2) is 0 Å². The summed E-state index contributed by atoms with van der Waals surface area (Å²) in [5.41, 5.74) is 0. The summed E-state index contributed by atoms with van der Waals surface area (Å²) in [7, 11) is 0. The maximum absolute atomic E-state index is 12.3. The molecule has 5 atom stereocenters. The van der Waals surface area contributed by atoms with Gasteiger partial charge < -0.3 is 5.32 Å². The number of carbonyl (C=O) groups excluding carboxylic acids is 1. The summed E-state index contributed by atoms with van der Waals surface area (Å²) >= 11 is 0. The molecule has 17 heavy (non-hydrogen) atoms. The van der Waals surface area contributed by atoms with E-state index in [0.717, 1.165) is 11.8 Å². The van der Waals surface area contributed by atoms with Crippen molar-refractivity contribution in [1.82, 2.24) is 5.32 Å². The molecule has 1 N–H and O–H groups in total. The summed E-state index contributed by atoms with van der Waals surface area (Å²) < 4.78 is 0. The second-order valence-electron chi connectivity index (χ2n) is 6.66. The van der Waals surface area contributed by atoms with E-state index in [1.807, 2.05) is 0 Å². The van der Waals surface area contributed by atoms with Crippen LogP contribution in [0.5, 0.6) is 0 Å². The van der Waals surface area contributed by atoms with E-state index >= 15 is 0 Å². The second kappa shape index (κ2) is 4.62. The van der Waals surface area contributed by atoms with Crippen molar-refractivity contribution >= 4 is 5.91 Å². The van der Waals surface area contributed by atoms with Crippen molar-refractivity contribution in [3.8, 4) is 0 Å². The van der Waals surface area contributed by atoms with Crippen LogP contribution in [0.15, 0.2) is 0 Å². The maximum Gasteiger partial charge on any atom is 0.223 e. The van der Waals surface area contributed by atoms with Crippen LogP contribution in [0.4, 0.5) is 0 Å². The Morgan fingerprint density at radius 1 is 1.06 bits per heavy atom. The van der Waals surface area contributed by atoms with Gasteiger partial charge in [0.05, 0.1) is 0 Å². The SMILES string of the molecule is CC1CCCCC1NC(=O)C1CC2CCC1C2. The first-order valence-corrected chi connectivity index (χ1v) is 7.54. The lowest BCUT2D eigenvalue weighted by Crippen LogP contribution is -2.44. The Balaban J connectivity index is 1.56. The largest absolute Gasteiger partial charge is 0.353 e. The first-order valence-electron chi connectivity index (χ1n) is 7.54. The van der Waals surface area contributed by atoms with Gasteiger partial charge in [0.25, 0.3) is 0 Å². The van der Waals surface area contributed by atoms with E-state index in [0.29, 0.717) is 23.8 Å². The van der Waals surface area contributed by atoms with Crippen LogP contribution in [0.25, 0.3) is 0 Å². The predicted octanol–water partition coefficient (Wildman–Crippen LogP) is 3.12. The summed E-state index contributed by atoms with van der Waals surface area (Å²) in [6, 6.07) is 0.468. The molecule has 2 bridgehead atoms. The molecular formula is C15H25NO. The van der Waals surface area contributed by atoms with Crippen molar-refractivity contribution in [2.45, 2.75) is 64.3 Å². The fourth-order valence-electron chi connectivity index (χ4n) is 4.39. The van der Waals surface area contributed by atoms with Crippen molar-refractivity contribution in [1.29, 1.82) is 0 Å². The third kappa shape index (κ3) is 2.23. The number of carbonyl (C=O) groups is 1. The van der Waals surface area contributed by atoms with Gasteiger partial charge in [-0.1, -0.05) is 26.2 Å². The number of hydrogen-bond acceptors (Lipinski definition) is 1. The highest BCUT2D eigenvalue weighted by molar-refractivity contribution is 5.79. The van der Waals surface area contributed by atoms with Gasteiger partial charge in [0, 0.05) is 12.0 Å². The van der Waals surface area contributed by atoms with Gasteiger partial charge in [0.2, 0.25) is 5.91 Å². The van der Waals surface area contributed by atoms with E-state index in [1.165, 1.54) is 51.4 Å². The standard InChI is InChI=1S/C15H25NO/c1-10-4-2-3-5-14(10)16-15(17)13-9-11-6-7-12(13)8-11/h10-14H,2-9H2,1H3,(H,16,17). The first kappa shape index (κ1) is 11.6. The second-order valence-corrected chi connectivity index (χ2v) is 6.66. The fraction of sp³-hybridized carbons (Fsp3) is 0.933. The average Bonchev–Trinajstić information content (AvgIpc) is 2.94. The Bertz CT molecular complexity index is 301. The molecule has 3 aliphatic carbocycles. The lowest BCUT2D eigenvalue weighted by molar-refractivity contribution is -0.127. The minimum absolute atomic E-state index is 0.364. The molecule has 3 aliphatic rings. The number of fused-ring (bicyclic) bond motifs is 2. The van der Waals surface area contributed by atoms with Crippen LogP contribution < -0.4 is 5.32 Å². The number of hydrogen-bond donors (Lipinski definition) is 1. The smallest absolute Gasteiger partial charge is 0.223 e. The van der Waals surface area contributed by atoms with E-state index in [9.17, 15) is 4.79 Å². The van der Waals surface area contributed by atoms with Crippen molar-refractivity contribution in [3.63, 3.8) is 0 Å². The zero-order valence-electron chi connectivity index (χ0n) is 11.0. The molecule has 0 aromatic carbocycles. The van der Waals surface area contributed by atoms with E-state index in [-0.39, 0.29) is 0 Å². The van der Waals surface area contributed by atoms with Gasteiger partial charge in [-0.3, -0.25) is 4.79 Å². The van der Waals surface area contributed by atoms with E-state index < -0.39 is 0 Å². The highest BCUT2D eigenvalue weighted by atomic mass is 16.2. The molecule has 0 spiro atoms. The van der Waals surface area contributed by atoms with Gasteiger partial charge in [-0.05, 0) is 49.9 Å². The van der Waals surface area contributed by atoms with E-state index in [2.05, 4.69) is 12.2 Å². The van der Waals surface area contributed by atoms with Gasteiger partial charge in [0.15, 0.2) is 0 Å². The molecule has 2 nitrogen and oxygen atoms in total. The molecule has 0 heterocycles. The third-order valence-corrected chi connectivity index (χ3v) is 5.51. The normalized spacial score (nSPS) is 44.9. The van der Waals surface area contributed by atoms with Gasteiger partial charge in [0.1, 0.15) is 0 Å². The van der Waals surface area contributed by atoms with Crippen molar-refractivity contribution in [2.24, 2.45) is 23.7 Å². The number of nitrogens with one attached hydrogen (secondary N) is 1. The molecule has 96 valence electrons. The Kier molecular flexibility index (Phi) is 3.14. The summed E-state index contributed by atoms with van der Waals surface area (Å²) in [5, 5.41) is 3.36. The van der Waals surface area contributed by atoms with E-state index in [1.54, 1.807) is 0 Å². The van der Waals surface area contributed by atoms with Crippen LogP contribution in [0.1, 0.15) is 58.3 Å². The fourth-order valence-corrected chi connectivity index (χ4v) is 4.39. The number of rotatable bonds is 2. The molecule has 2 heteroatoms. The molecule has 0 saturated heterocycles. The van der Waals surface area contributed by atoms with Crippen molar-refractivity contribution in [2.75, 3.05) is 0 Å². The van der Waals surface area contributed by atoms with Crippen LogP contribution in [-0.2, 0) is 4.79 Å². The van der Waals surface area contributed by atoms with Gasteiger partial charge >= 0.3 is 0 Å². The zero-order valence-corrected chi connectivity index (χ0v) is 11.0. The highest BCUT2D eigenvalue weighted by Gasteiger charge is 2.43. The molecule has 3 fully saturated rings.